The van der Waals surface area contributed by atoms with Gasteiger partial charge < -0.3 is 16.4 Å². The maximum Gasteiger partial charge on any atom is 0.251 e. The summed E-state index contributed by atoms with van der Waals surface area (Å²) in [5.74, 6) is 0.470. The number of benzene rings is 1. The molecule has 0 aliphatic heterocycles. The standard InChI is InChI=1S/C18H27BrN4O.HI/c19-15-10-8-14(9-11-15)17(24)21-12-5-13-22-18(20)23-16-6-3-1-2-4-7-16;/h8-11,16H,1-7,12-13H2,(H,21,24)(H3,20,22,23);1H. The third-order valence-electron chi connectivity index (χ3n) is 4.22. The molecule has 25 heavy (non-hydrogen) atoms. The van der Waals surface area contributed by atoms with Gasteiger partial charge in [0.25, 0.3) is 5.91 Å². The zero-order valence-electron chi connectivity index (χ0n) is 14.5. The smallest absolute Gasteiger partial charge is 0.251 e. The van der Waals surface area contributed by atoms with E-state index >= 15 is 0 Å². The van der Waals surface area contributed by atoms with Crippen LogP contribution in [0.1, 0.15) is 55.3 Å². The van der Waals surface area contributed by atoms with E-state index in [4.69, 9.17) is 5.73 Å². The number of nitrogens with one attached hydrogen (secondary N) is 2. The second-order valence-electron chi connectivity index (χ2n) is 6.22. The lowest BCUT2D eigenvalue weighted by Crippen LogP contribution is -2.40. The van der Waals surface area contributed by atoms with Gasteiger partial charge in [-0.15, -0.1) is 24.0 Å². The van der Waals surface area contributed by atoms with Crippen LogP contribution in [0.15, 0.2) is 33.7 Å². The highest BCUT2D eigenvalue weighted by Gasteiger charge is 2.12. The quantitative estimate of drug-likeness (QED) is 0.175. The Morgan fingerprint density at radius 3 is 2.44 bits per heavy atom. The minimum absolute atomic E-state index is 0. The Morgan fingerprint density at radius 2 is 1.80 bits per heavy atom. The lowest BCUT2D eigenvalue weighted by molar-refractivity contribution is 0.0953. The Balaban J connectivity index is 0.00000312. The summed E-state index contributed by atoms with van der Waals surface area (Å²) in [6.45, 7) is 1.21. The summed E-state index contributed by atoms with van der Waals surface area (Å²) in [4.78, 5) is 16.3. The average molecular weight is 523 g/mol. The number of guanidine groups is 1. The second kappa shape index (κ2) is 12.5. The van der Waals surface area contributed by atoms with Crippen LogP contribution in [-0.4, -0.2) is 31.0 Å². The number of amides is 1. The Labute approximate surface area is 175 Å². The van der Waals surface area contributed by atoms with Crippen molar-refractivity contribution >= 4 is 51.8 Å². The van der Waals surface area contributed by atoms with Crippen LogP contribution in [0.3, 0.4) is 0 Å². The van der Waals surface area contributed by atoms with Crippen molar-refractivity contribution in [2.45, 2.75) is 51.0 Å². The molecule has 0 atom stereocenters. The van der Waals surface area contributed by atoms with E-state index < -0.39 is 0 Å². The largest absolute Gasteiger partial charge is 0.370 e. The molecule has 0 bridgehead atoms. The van der Waals surface area contributed by atoms with Gasteiger partial charge in [-0.05, 0) is 43.5 Å². The molecule has 1 aromatic rings. The maximum atomic E-state index is 11.9. The number of halogens is 2. The van der Waals surface area contributed by atoms with Gasteiger partial charge >= 0.3 is 0 Å². The number of carbonyl (C=O) groups excluding carboxylic acids is 1. The lowest BCUT2D eigenvalue weighted by atomic mass is 10.1. The van der Waals surface area contributed by atoms with Crippen LogP contribution in [0, 0.1) is 0 Å². The Kier molecular flexibility index (Phi) is 11.1. The first-order valence-electron chi connectivity index (χ1n) is 8.75. The topological polar surface area (TPSA) is 79.5 Å². The molecule has 0 saturated heterocycles. The van der Waals surface area contributed by atoms with E-state index in [1.54, 1.807) is 12.1 Å². The molecule has 1 fully saturated rings. The highest BCUT2D eigenvalue weighted by atomic mass is 127. The maximum absolute atomic E-state index is 11.9. The van der Waals surface area contributed by atoms with Crippen molar-refractivity contribution in [1.29, 1.82) is 0 Å². The first-order chi connectivity index (χ1) is 11.6. The van der Waals surface area contributed by atoms with Crippen LogP contribution in [0.25, 0.3) is 0 Å². The number of nitrogens with zero attached hydrogens (tertiary/aromatic N) is 1. The lowest BCUT2D eigenvalue weighted by Gasteiger charge is -2.16. The fraction of sp³-hybridized carbons (Fsp3) is 0.556. The normalized spacial score (nSPS) is 15.8. The molecule has 2 rings (SSSR count). The van der Waals surface area contributed by atoms with Crippen LogP contribution >= 0.6 is 39.9 Å². The van der Waals surface area contributed by atoms with E-state index in [1.807, 2.05) is 12.1 Å². The molecule has 0 unspecified atom stereocenters. The fourth-order valence-corrected chi connectivity index (χ4v) is 3.13. The van der Waals surface area contributed by atoms with E-state index in [2.05, 4.69) is 31.6 Å². The molecule has 0 aromatic heterocycles. The molecule has 7 heteroatoms. The van der Waals surface area contributed by atoms with Gasteiger partial charge in [0.05, 0.1) is 0 Å². The minimum atomic E-state index is -0.0592. The number of carbonyl (C=O) groups is 1. The van der Waals surface area contributed by atoms with Gasteiger partial charge in [0.15, 0.2) is 5.96 Å². The number of hydrogen-bond donors (Lipinski definition) is 3. The van der Waals surface area contributed by atoms with Crippen molar-refractivity contribution in [3.63, 3.8) is 0 Å². The molecule has 4 N–H and O–H groups in total. The summed E-state index contributed by atoms with van der Waals surface area (Å²) in [7, 11) is 0. The third-order valence-corrected chi connectivity index (χ3v) is 4.74. The predicted octanol–water partition coefficient (Wildman–Crippen LogP) is 3.81. The van der Waals surface area contributed by atoms with E-state index in [1.165, 1.54) is 38.5 Å². The Morgan fingerprint density at radius 1 is 1.16 bits per heavy atom. The summed E-state index contributed by atoms with van der Waals surface area (Å²) in [5.41, 5.74) is 6.61. The zero-order chi connectivity index (χ0) is 17.2. The molecular weight excluding hydrogens is 495 g/mol. The highest BCUT2D eigenvalue weighted by molar-refractivity contribution is 14.0. The van der Waals surface area contributed by atoms with Gasteiger partial charge in [0.2, 0.25) is 0 Å². The molecular formula is C18H28BrIN4O. The Hall–Kier alpha value is -0.830. The molecule has 5 nitrogen and oxygen atoms in total. The van der Waals surface area contributed by atoms with E-state index in [0.717, 1.165) is 10.9 Å². The van der Waals surface area contributed by atoms with Gasteiger partial charge in [-0.2, -0.15) is 0 Å². The van der Waals surface area contributed by atoms with Gasteiger partial charge in [-0.3, -0.25) is 9.79 Å². The molecule has 1 aromatic carbocycles. The molecule has 0 spiro atoms. The first-order valence-corrected chi connectivity index (χ1v) is 9.54. The second-order valence-corrected chi connectivity index (χ2v) is 7.13. The van der Waals surface area contributed by atoms with Crippen molar-refractivity contribution in [1.82, 2.24) is 10.6 Å². The molecule has 0 radical (unpaired) electrons. The van der Waals surface area contributed by atoms with Crippen molar-refractivity contribution in [3.8, 4) is 0 Å². The van der Waals surface area contributed by atoms with Gasteiger partial charge in [-0.1, -0.05) is 41.6 Å². The summed E-state index contributed by atoms with van der Waals surface area (Å²) in [5, 5.41) is 6.22. The summed E-state index contributed by atoms with van der Waals surface area (Å²) in [6, 6.07) is 7.78. The van der Waals surface area contributed by atoms with E-state index in [9.17, 15) is 4.79 Å². The molecule has 0 heterocycles. The molecule has 1 saturated carbocycles. The van der Waals surface area contributed by atoms with Crippen LogP contribution in [0.2, 0.25) is 0 Å². The van der Waals surface area contributed by atoms with Crippen molar-refractivity contribution in [2.24, 2.45) is 10.7 Å². The summed E-state index contributed by atoms with van der Waals surface area (Å²) in [6.07, 6.45) is 8.33. The zero-order valence-corrected chi connectivity index (χ0v) is 18.4. The molecule has 1 amide bonds. The van der Waals surface area contributed by atoms with Gasteiger partial charge in [0.1, 0.15) is 0 Å². The van der Waals surface area contributed by atoms with E-state index in [-0.39, 0.29) is 29.9 Å². The van der Waals surface area contributed by atoms with Gasteiger partial charge in [-0.25, -0.2) is 0 Å². The van der Waals surface area contributed by atoms with Crippen LogP contribution in [0.5, 0.6) is 0 Å². The third kappa shape index (κ3) is 8.89. The summed E-state index contributed by atoms with van der Waals surface area (Å²) >= 11 is 3.36. The SMILES string of the molecule is I.NC(=NCCCNC(=O)c1ccc(Br)cc1)NC1CCCCCC1. The predicted molar refractivity (Wildman–Crippen MR) is 118 cm³/mol. The molecule has 140 valence electrons. The van der Waals surface area contributed by atoms with Gasteiger partial charge in [0, 0.05) is 29.2 Å². The minimum Gasteiger partial charge on any atom is -0.370 e. The van der Waals surface area contributed by atoms with Crippen LogP contribution in [0.4, 0.5) is 0 Å². The number of rotatable bonds is 6. The van der Waals surface area contributed by atoms with Crippen molar-refractivity contribution < 1.29 is 4.79 Å². The summed E-state index contributed by atoms with van der Waals surface area (Å²) < 4.78 is 0.963. The first kappa shape index (κ1) is 22.2. The van der Waals surface area contributed by atoms with Crippen LogP contribution < -0.4 is 16.4 Å². The molecule has 1 aliphatic carbocycles. The van der Waals surface area contributed by atoms with E-state index in [0.29, 0.717) is 30.7 Å². The molecule has 1 aliphatic rings. The number of aliphatic imine (C=N–C) groups is 1. The van der Waals surface area contributed by atoms with Crippen molar-refractivity contribution in [2.75, 3.05) is 13.1 Å². The monoisotopic (exact) mass is 522 g/mol. The highest BCUT2D eigenvalue weighted by Crippen LogP contribution is 2.16. The van der Waals surface area contributed by atoms with Crippen molar-refractivity contribution in [3.05, 3.63) is 34.3 Å². The average Bonchev–Trinajstić information content (AvgIpc) is 2.83. The fourth-order valence-electron chi connectivity index (χ4n) is 2.86. The number of nitrogens with two attached hydrogens (primary N) is 1. The number of hydrogen-bond acceptors (Lipinski definition) is 2. The Bertz CT molecular complexity index is 543. The van der Waals surface area contributed by atoms with Crippen LogP contribution in [-0.2, 0) is 0 Å².